The zero-order valence-electron chi connectivity index (χ0n) is 15.7. The summed E-state index contributed by atoms with van der Waals surface area (Å²) in [5.41, 5.74) is 2.32. The largest absolute Gasteiger partial charge is 0.369 e. The maximum atomic E-state index is 4.72. The molecule has 1 unspecified atom stereocenters. The second-order valence-electron chi connectivity index (χ2n) is 6.33. The van der Waals surface area contributed by atoms with Crippen LogP contribution in [0.15, 0.2) is 39.1 Å². The summed E-state index contributed by atoms with van der Waals surface area (Å²) in [4.78, 5) is 11.7. The van der Waals surface area contributed by atoms with Crippen LogP contribution in [0.4, 0.5) is 5.69 Å². The first-order valence-corrected chi connectivity index (χ1v) is 10.8. The lowest BCUT2D eigenvalue weighted by molar-refractivity contribution is 0.649. The summed E-state index contributed by atoms with van der Waals surface area (Å²) in [5, 5.41) is 10.2. The van der Waals surface area contributed by atoms with Crippen LogP contribution in [0.25, 0.3) is 0 Å². The van der Waals surface area contributed by atoms with Crippen LogP contribution < -0.4 is 15.5 Å². The van der Waals surface area contributed by atoms with Crippen molar-refractivity contribution in [3.8, 4) is 0 Å². The molecule has 148 valence electrons. The predicted molar refractivity (Wildman–Crippen MR) is 130 cm³/mol. The molecule has 1 aromatic carbocycles. The van der Waals surface area contributed by atoms with E-state index in [1.54, 1.807) is 11.3 Å². The third kappa shape index (κ3) is 6.60. The number of halogens is 2. The van der Waals surface area contributed by atoms with E-state index in [4.69, 9.17) is 4.99 Å². The van der Waals surface area contributed by atoms with Crippen LogP contribution in [0, 0.1) is 0 Å². The predicted octanol–water partition coefficient (Wildman–Crippen LogP) is 4.42. The molecule has 0 spiro atoms. The number of hydrogen-bond donors (Lipinski definition) is 2. The molecular formula is C19H27BrIN5S. The number of rotatable bonds is 6. The molecule has 1 aromatic heterocycles. The molecule has 2 N–H and O–H groups in total. The fourth-order valence-electron chi connectivity index (χ4n) is 3.02. The molecule has 0 bridgehead atoms. The van der Waals surface area contributed by atoms with Crippen molar-refractivity contribution in [2.75, 3.05) is 24.5 Å². The minimum absolute atomic E-state index is 0. The molecule has 1 fully saturated rings. The normalized spacial score (nSPS) is 16.9. The van der Waals surface area contributed by atoms with Gasteiger partial charge < -0.3 is 15.5 Å². The van der Waals surface area contributed by atoms with Crippen molar-refractivity contribution in [1.82, 2.24) is 15.6 Å². The molecule has 3 rings (SSSR count). The molecule has 5 nitrogen and oxygen atoms in total. The maximum absolute atomic E-state index is 4.72. The van der Waals surface area contributed by atoms with Crippen molar-refractivity contribution in [2.45, 2.75) is 39.3 Å². The average molecular weight is 564 g/mol. The lowest BCUT2D eigenvalue weighted by Gasteiger charge is -2.20. The monoisotopic (exact) mass is 563 g/mol. The highest BCUT2D eigenvalue weighted by Gasteiger charge is 2.23. The van der Waals surface area contributed by atoms with E-state index in [0.29, 0.717) is 12.6 Å². The highest BCUT2D eigenvalue weighted by Crippen LogP contribution is 2.22. The van der Waals surface area contributed by atoms with Crippen molar-refractivity contribution in [3.63, 3.8) is 0 Å². The third-order valence-corrected chi connectivity index (χ3v) is 5.94. The van der Waals surface area contributed by atoms with Crippen molar-refractivity contribution < 1.29 is 0 Å². The van der Waals surface area contributed by atoms with Crippen LogP contribution in [0.1, 0.15) is 31.0 Å². The Kier molecular flexibility index (Phi) is 9.31. The standard InChI is InChI=1S/C19H26BrN5S.HI/c1-3-18-23-16(13-26-18)11-22-19(21-4-2)24-15-9-10-25(12-15)17-7-5-14(20)6-8-17;/h5-8,13,15H,3-4,9-12H2,1-2H3,(H2,21,22,24);1H. The van der Waals surface area contributed by atoms with E-state index in [-0.39, 0.29) is 24.0 Å². The van der Waals surface area contributed by atoms with Gasteiger partial charge in [-0.25, -0.2) is 9.98 Å². The Hall–Kier alpha value is -0.870. The number of aryl methyl sites for hydroxylation is 1. The molecule has 1 aliphatic heterocycles. The van der Waals surface area contributed by atoms with Gasteiger partial charge in [-0.2, -0.15) is 0 Å². The van der Waals surface area contributed by atoms with Crippen LogP contribution in [0.3, 0.4) is 0 Å². The van der Waals surface area contributed by atoms with Crippen LogP contribution in [0.2, 0.25) is 0 Å². The summed E-state index contributed by atoms with van der Waals surface area (Å²) in [6.45, 7) is 7.75. The zero-order valence-corrected chi connectivity index (χ0v) is 20.5. The fourth-order valence-corrected chi connectivity index (χ4v) is 4.02. The Morgan fingerprint density at radius 2 is 2.11 bits per heavy atom. The topological polar surface area (TPSA) is 52.6 Å². The highest BCUT2D eigenvalue weighted by atomic mass is 127. The molecule has 2 heterocycles. The molecule has 27 heavy (non-hydrogen) atoms. The van der Waals surface area contributed by atoms with Gasteiger partial charge in [-0.1, -0.05) is 22.9 Å². The summed E-state index contributed by atoms with van der Waals surface area (Å²) in [7, 11) is 0. The van der Waals surface area contributed by atoms with Gasteiger partial charge in [0.1, 0.15) is 0 Å². The SMILES string of the molecule is CCNC(=NCc1csc(CC)n1)NC1CCN(c2ccc(Br)cc2)C1.I. The quantitative estimate of drug-likeness (QED) is 0.310. The molecule has 0 amide bonds. The van der Waals surface area contributed by atoms with E-state index in [1.807, 2.05) is 0 Å². The van der Waals surface area contributed by atoms with Crippen molar-refractivity contribution >= 4 is 62.9 Å². The second kappa shape index (κ2) is 11.2. The maximum Gasteiger partial charge on any atom is 0.191 e. The second-order valence-corrected chi connectivity index (χ2v) is 8.19. The van der Waals surface area contributed by atoms with Crippen molar-refractivity contribution in [3.05, 3.63) is 44.8 Å². The molecular weight excluding hydrogens is 537 g/mol. The smallest absolute Gasteiger partial charge is 0.191 e. The van der Waals surface area contributed by atoms with Crippen LogP contribution in [-0.4, -0.2) is 36.6 Å². The Labute approximate surface area is 191 Å². The molecule has 1 aliphatic rings. The van der Waals surface area contributed by atoms with Gasteiger partial charge in [0.05, 0.1) is 17.2 Å². The Morgan fingerprint density at radius 1 is 1.33 bits per heavy atom. The van der Waals surface area contributed by atoms with E-state index in [0.717, 1.165) is 48.6 Å². The van der Waals surface area contributed by atoms with Gasteiger partial charge in [-0.05, 0) is 44.0 Å². The minimum atomic E-state index is 0. The number of anilines is 1. The number of guanidine groups is 1. The number of hydrogen-bond acceptors (Lipinski definition) is 4. The van der Waals surface area contributed by atoms with Gasteiger partial charge >= 0.3 is 0 Å². The average Bonchev–Trinajstić information content (AvgIpc) is 3.30. The van der Waals surface area contributed by atoms with E-state index in [9.17, 15) is 0 Å². The molecule has 2 aromatic rings. The Bertz CT molecular complexity index is 734. The van der Waals surface area contributed by atoms with Gasteiger partial charge in [-0.3, -0.25) is 0 Å². The molecule has 8 heteroatoms. The number of aliphatic imine (C=N–C) groups is 1. The fraction of sp³-hybridized carbons (Fsp3) is 0.474. The van der Waals surface area contributed by atoms with E-state index in [1.165, 1.54) is 10.7 Å². The molecule has 0 saturated carbocycles. The summed E-state index contributed by atoms with van der Waals surface area (Å²) < 4.78 is 1.12. The number of benzene rings is 1. The van der Waals surface area contributed by atoms with Crippen LogP contribution in [-0.2, 0) is 13.0 Å². The molecule has 1 saturated heterocycles. The first-order chi connectivity index (χ1) is 12.7. The highest BCUT2D eigenvalue weighted by molar-refractivity contribution is 14.0. The van der Waals surface area contributed by atoms with Gasteiger partial charge in [0.25, 0.3) is 0 Å². The van der Waals surface area contributed by atoms with Gasteiger partial charge in [0, 0.05) is 41.2 Å². The lowest BCUT2D eigenvalue weighted by Crippen LogP contribution is -2.44. The van der Waals surface area contributed by atoms with Gasteiger partial charge in [0.2, 0.25) is 0 Å². The Balaban J connectivity index is 0.00000261. The number of nitrogens with one attached hydrogen (secondary N) is 2. The van der Waals surface area contributed by atoms with E-state index >= 15 is 0 Å². The van der Waals surface area contributed by atoms with E-state index in [2.05, 4.69) is 79.9 Å². The van der Waals surface area contributed by atoms with E-state index < -0.39 is 0 Å². The zero-order chi connectivity index (χ0) is 18.4. The molecule has 0 radical (unpaired) electrons. The minimum Gasteiger partial charge on any atom is -0.369 e. The first-order valence-electron chi connectivity index (χ1n) is 9.16. The Morgan fingerprint density at radius 3 is 2.78 bits per heavy atom. The van der Waals surface area contributed by atoms with Crippen molar-refractivity contribution in [1.29, 1.82) is 0 Å². The number of nitrogens with zero attached hydrogens (tertiary/aromatic N) is 3. The van der Waals surface area contributed by atoms with Crippen LogP contribution >= 0.6 is 51.2 Å². The van der Waals surface area contributed by atoms with Gasteiger partial charge in [-0.15, -0.1) is 35.3 Å². The molecule has 1 atom stereocenters. The lowest BCUT2D eigenvalue weighted by atomic mass is 10.3. The number of aromatic nitrogens is 1. The van der Waals surface area contributed by atoms with Crippen LogP contribution in [0.5, 0.6) is 0 Å². The molecule has 0 aliphatic carbocycles. The first kappa shape index (κ1) is 22.4. The number of thiazole rings is 1. The summed E-state index contributed by atoms with van der Waals surface area (Å²) >= 11 is 5.21. The third-order valence-electron chi connectivity index (χ3n) is 4.37. The van der Waals surface area contributed by atoms with Crippen molar-refractivity contribution in [2.24, 2.45) is 4.99 Å². The van der Waals surface area contributed by atoms with Gasteiger partial charge in [0.15, 0.2) is 5.96 Å². The summed E-state index contributed by atoms with van der Waals surface area (Å²) in [6.07, 6.45) is 2.10. The summed E-state index contributed by atoms with van der Waals surface area (Å²) in [6, 6.07) is 8.93. The summed E-state index contributed by atoms with van der Waals surface area (Å²) in [5.74, 6) is 0.876.